The fourth-order valence-corrected chi connectivity index (χ4v) is 4.38. The molecule has 7 nitrogen and oxygen atoms in total. The summed E-state index contributed by atoms with van der Waals surface area (Å²) in [5, 5.41) is 0. The summed E-state index contributed by atoms with van der Waals surface area (Å²) >= 11 is 0. The minimum absolute atomic E-state index is 0.0890. The zero-order valence-corrected chi connectivity index (χ0v) is 18.0. The lowest BCUT2D eigenvalue weighted by molar-refractivity contribution is -0.0311. The van der Waals surface area contributed by atoms with E-state index in [1.54, 1.807) is 24.1 Å². The van der Waals surface area contributed by atoms with E-state index >= 15 is 0 Å². The van der Waals surface area contributed by atoms with Crippen molar-refractivity contribution in [3.05, 3.63) is 59.7 Å². The van der Waals surface area contributed by atoms with Gasteiger partial charge in [0.25, 0.3) is 0 Å². The van der Waals surface area contributed by atoms with Crippen LogP contribution in [0.5, 0.6) is 5.75 Å². The van der Waals surface area contributed by atoms with Gasteiger partial charge in [-0.2, -0.15) is 0 Å². The van der Waals surface area contributed by atoms with E-state index in [1.165, 1.54) is 7.11 Å². The van der Waals surface area contributed by atoms with Crippen LogP contribution < -0.4 is 9.64 Å². The number of anilines is 1. The van der Waals surface area contributed by atoms with Gasteiger partial charge in [0.2, 0.25) is 0 Å². The van der Waals surface area contributed by atoms with Gasteiger partial charge in [-0.05, 0) is 61.7 Å². The topological polar surface area (TPSA) is 68.3 Å². The highest BCUT2D eigenvalue weighted by Crippen LogP contribution is 2.33. The number of esters is 1. The second-order valence-corrected chi connectivity index (χ2v) is 8.01. The van der Waals surface area contributed by atoms with E-state index in [-0.39, 0.29) is 12.2 Å². The first kappa shape index (κ1) is 21.2. The molecule has 3 fully saturated rings. The highest BCUT2D eigenvalue weighted by atomic mass is 16.6. The van der Waals surface area contributed by atoms with Crippen molar-refractivity contribution in [3.63, 3.8) is 0 Å². The van der Waals surface area contributed by atoms with Crippen molar-refractivity contribution in [3.8, 4) is 5.75 Å². The number of para-hydroxylation sites is 2. The van der Waals surface area contributed by atoms with Gasteiger partial charge in [0.1, 0.15) is 11.9 Å². The molecule has 2 bridgehead atoms. The Balaban J connectivity index is 1.57. The monoisotopic (exact) mass is 424 g/mol. The Morgan fingerprint density at radius 2 is 1.74 bits per heavy atom. The molecule has 164 valence electrons. The lowest BCUT2D eigenvalue weighted by atomic mass is 9.86. The molecule has 3 aliphatic rings. The number of nitrogens with zero attached hydrogens (tertiary/aromatic N) is 2. The summed E-state index contributed by atoms with van der Waals surface area (Å²) < 4.78 is 16.3. The molecule has 1 amide bonds. The normalized spacial score (nSPS) is 21.9. The molecule has 1 atom stereocenters. The van der Waals surface area contributed by atoms with Crippen LogP contribution in [0.2, 0.25) is 0 Å². The smallest absolute Gasteiger partial charge is 0.415 e. The highest BCUT2D eigenvalue weighted by molar-refractivity contribution is 5.90. The fraction of sp³-hybridized carbons (Fsp3) is 0.417. The molecule has 0 aliphatic carbocycles. The quantitative estimate of drug-likeness (QED) is 0.659. The van der Waals surface area contributed by atoms with Crippen molar-refractivity contribution in [2.24, 2.45) is 5.92 Å². The van der Waals surface area contributed by atoms with Crippen LogP contribution in [-0.2, 0) is 16.0 Å². The van der Waals surface area contributed by atoms with Gasteiger partial charge in [-0.3, -0.25) is 9.80 Å². The summed E-state index contributed by atoms with van der Waals surface area (Å²) in [7, 11) is 2.94. The number of rotatable bonds is 6. The molecule has 0 radical (unpaired) electrons. The van der Waals surface area contributed by atoms with Crippen LogP contribution in [0.15, 0.2) is 48.5 Å². The number of benzene rings is 2. The van der Waals surface area contributed by atoms with Gasteiger partial charge in [-0.25, -0.2) is 9.59 Å². The van der Waals surface area contributed by atoms with Crippen LogP contribution in [-0.4, -0.2) is 56.9 Å². The third-order valence-electron chi connectivity index (χ3n) is 6.16. The van der Waals surface area contributed by atoms with E-state index in [9.17, 15) is 9.59 Å². The maximum Gasteiger partial charge on any atom is 0.415 e. The summed E-state index contributed by atoms with van der Waals surface area (Å²) in [6.07, 6.45) is 1.66. The largest absolute Gasteiger partial charge is 0.495 e. The maximum absolute atomic E-state index is 13.3. The van der Waals surface area contributed by atoms with Crippen LogP contribution in [0.3, 0.4) is 0 Å². The predicted octanol–water partition coefficient (Wildman–Crippen LogP) is 3.72. The van der Waals surface area contributed by atoms with Gasteiger partial charge in [0.15, 0.2) is 0 Å². The molecule has 2 aromatic rings. The van der Waals surface area contributed by atoms with Crippen LogP contribution >= 0.6 is 0 Å². The molecule has 3 heterocycles. The van der Waals surface area contributed by atoms with Gasteiger partial charge in [0.05, 0.1) is 32.0 Å². The number of amides is 1. The third kappa shape index (κ3) is 4.66. The molecule has 0 spiro atoms. The molecular formula is C24H28N2O5. The van der Waals surface area contributed by atoms with E-state index in [1.807, 2.05) is 36.4 Å². The number of hydrogen-bond donors (Lipinski definition) is 0. The third-order valence-corrected chi connectivity index (χ3v) is 6.16. The fourth-order valence-electron chi connectivity index (χ4n) is 4.38. The molecule has 31 heavy (non-hydrogen) atoms. The number of carbonyl (C=O) groups excluding carboxylic acids is 2. The van der Waals surface area contributed by atoms with Crippen LogP contribution in [0.25, 0.3) is 0 Å². The molecule has 7 heteroatoms. The second-order valence-electron chi connectivity index (χ2n) is 8.01. The van der Waals surface area contributed by atoms with Crippen LogP contribution in [0, 0.1) is 5.92 Å². The summed E-state index contributed by atoms with van der Waals surface area (Å²) in [6.45, 7) is 3.26. The molecule has 0 unspecified atom stereocenters. The molecule has 0 N–H and O–H groups in total. The zero-order valence-electron chi connectivity index (χ0n) is 18.0. The molecule has 3 saturated heterocycles. The average Bonchev–Trinajstić information content (AvgIpc) is 2.83. The van der Waals surface area contributed by atoms with Crippen molar-refractivity contribution in [1.29, 1.82) is 0 Å². The van der Waals surface area contributed by atoms with Crippen molar-refractivity contribution in [1.82, 2.24) is 4.90 Å². The highest BCUT2D eigenvalue weighted by Gasteiger charge is 2.37. The Labute approximate surface area is 182 Å². The van der Waals surface area contributed by atoms with Crippen molar-refractivity contribution in [2.45, 2.75) is 25.5 Å². The van der Waals surface area contributed by atoms with Gasteiger partial charge in [-0.15, -0.1) is 0 Å². The predicted molar refractivity (Wildman–Crippen MR) is 116 cm³/mol. The molecule has 0 aromatic heterocycles. The lowest BCUT2D eigenvalue weighted by Gasteiger charge is -2.44. The molecule has 3 aliphatic heterocycles. The first-order valence-electron chi connectivity index (χ1n) is 10.6. The summed E-state index contributed by atoms with van der Waals surface area (Å²) in [5.74, 6) is 0.627. The first-order chi connectivity index (χ1) is 15.1. The number of piperidine rings is 3. The maximum atomic E-state index is 13.3. The molecule has 2 aromatic carbocycles. The number of fused-ring (bicyclic) bond motifs is 3. The van der Waals surface area contributed by atoms with E-state index in [2.05, 4.69) is 4.90 Å². The Bertz CT molecular complexity index is 922. The minimum atomic E-state index is -0.394. The molecule has 0 saturated carbocycles. The number of hydrogen-bond acceptors (Lipinski definition) is 6. The number of carbonyl (C=O) groups is 2. The van der Waals surface area contributed by atoms with Gasteiger partial charge < -0.3 is 14.2 Å². The Morgan fingerprint density at radius 1 is 1.03 bits per heavy atom. The van der Waals surface area contributed by atoms with Crippen LogP contribution in [0.4, 0.5) is 10.5 Å². The molecular weight excluding hydrogens is 396 g/mol. The lowest BCUT2D eigenvalue weighted by Crippen LogP contribution is -2.53. The van der Waals surface area contributed by atoms with Crippen molar-refractivity contribution < 1.29 is 23.8 Å². The van der Waals surface area contributed by atoms with E-state index in [0.29, 0.717) is 29.5 Å². The number of methoxy groups -OCH3 is 2. The van der Waals surface area contributed by atoms with Crippen LogP contribution in [0.1, 0.15) is 28.8 Å². The summed E-state index contributed by atoms with van der Waals surface area (Å²) in [6, 6.07) is 14.4. The van der Waals surface area contributed by atoms with E-state index < -0.39 is 5.97 Å². The first-order valence-corrected chi connectivity index (χ1v) is 10.6. The van der Waals surface area contributed by atoms with E-state index in [0.717, 1.165) is 38.0 Å². The standard InChI is InChI=1S/C24H28N2O5/c1-29-21-6-4-3-5-20(21)26(15-17-7-9-19(10-8-17)23(27)30-2)24(28)31-22-16-25-13-11-18(22)12-14-25/h3-10,18,22H,11-16H2,1-2H3/t22-/m0/s1. The second kappa shape index (κ2) is 9.39. The van der Waals surface area contributed by atoms with Crippen molar-refractivity contribution >= 4 is 17.7 Å². The Morgan fingerprint density at radius 3 is 2.35 bits per heavy atom. The molecule has 5 rings (SSSR count). The summed E-state index contributed by atoms with van der Waals surface area (Å²) in [5.41, 5.74) is 1.97. The van der Waals surface area contributed by atoms with Crippen molar-refractivity contribution in [2.75, 3.05) is 38.8 Å². The summed E-state index contributed by atoms with van der Waals surface area (Å²) in [4.78, 5) is 29.0. The van der Waals surface area contributed by atoms with Gasteiger partial charge >= 0.3 is 12.1 Å². The van der Waals surface area contributed by atoms with Gasteiger partial charge in [0, 0.05) is 6.54 Å². The SMILES string of the molecule is COC(=O)c1ccc(CN(C(=O)O[C@H]2CN3CCC2CC3)c2ccccc2OC)cc1. The Hall–Kier alpha value is -3.06. The number of ether oxygens (including phenoxy) is 3. The van der Waals surface area contributed by atoms with E-state index in [4.69, 9.17) is 14.2 Å². The Kier molecular flexibility index (Phi) is 6.42. The minimum Gasteiger partial charge on any atom is -0.495 e. The average molecular weight is 424 g/mol. The van der Waals surface area contributed by atoms with Gasteiger partial charge in [-0.1, -0.05) is 24.3 Å². The zero-order chi connectivity index (χ0) is 21.8.